The van der Waals surface area contributed by atoms with Crippen LogP contribution in [0.5, 0.6) is 0 Å². The van der Waals surface area contributed by atoms with Crippen molar-refractivity contribution >= 4 is 12.2 Å². The Balaban J connectivity index is 2.06. The van der Waals surface area contributed by atoms with Gasteiger partial charge in [-0.15, -0.1) is 0 Å². The molecule has 0 radical (unpaired) electrons. The Morgan fingerprint density at radius 3 is 2.68 bits per heavy atom. The summed E-state index contributed by atoms with van der Waals surface area (Å²) in [7, 11) is 0. The molecule has 1 aromatic carbocycles. The van der Waals surface area contributed by atoms with Crippen LogP contribution >= 0.6 is 12.2 Å². The van der Waals surface area contributed by atoms with Gasteiger partial charge >= 0.3 is 0 Å². The van der Waals surface area contributed by atoms with Crippen molar-refractivity contribution in [3.05, 3.63) is 63.9 Å². The summed E-state index contributed by atoms with van der Waals surface area (Å²) in [6.45, 7) is 0. The Labute approximate surface area is 113 Å². The lowest BCUT2D eigenvalue weighted by molar-refractivity contribution is 0.880. The van der Waals surface area contributed by atoms with E-state index in [0.29, 0.717) is 10.5 Å². The molecule has 3 aromatic rings. The molecule has 0 aliphatic heterocycles. The van der Waals surface area contributed by atoms with Gasteiger partial charge in [0.25, 0.3) is 5.56 Å². The van der Waals surface area contributed by atoms with E-state index < -0.39 is 0 Å². The minimum absolute atomic E-state index is 0.230. The van der Waals surface area contributed by atoms with E-state index in [-0.39, 0.29) is 5.56 Å². The Morgan fingerprint density at radius 1 is 1.16 bits per heavy atom. The van der Waals surface area contributed by atoms with E-state index in [9.17, 15) is 4.79 Å². The Bertz CT molecular complexity index is 788. The summed E-state index contributed by atoms with van der Waals surface area (Å²) in [6, 6.07) is 11.2. The highest BCUT2D eigenvalue weighted by Crippen LogP contribution is 2.16. The number of aromatic amines is 2. The lowest BCUT2D eigenvalue weighted by Gasteiger charge is -1.99. The average molecular weight is 270 g/mol. The Hall–Kier alpha value is -2.47. The second-order valence-corrected chi connectivity index (χ2v) is 4.42. The molecule has 0 atom stereocenters. The monoisotopic (exact) mass is 270 g/mol. The van der Waals surface area contributed by atoms with Crippen LogP contribution in [0.25, 0.3) is 16.9 Å². The van der Waals surface area contributed by atoms with E-state index in [0.717, 1.165) is 11.3 Å². The first kappa shape index (κ1) is 11.6. The topological polar surface area (TPSA) is 66.5 Å². The summed E-state index contributed by atoms with van der Waals surface area (Å²) in [5.74, 6) is 0. The molecule has 0 spiro atoms. The molecule has 0 saturated carbocycles. The second-order valence-electron chi connectivity index (χ2n) is 4.01. The van der Waals surface area contributed by atoms with Crippen LogP contribution in [0.3, 0.4) is 0 Å². The third kappa shape index (κ3) is 2.38. The fourth-order valence-corrected chi connectivity index (χ4v) is 2.02. The second kappa shape index (κ2) is 4.66. The summed E-state index contributed by atoms with van der Waals surface area (Å²) in [5.41, 5.74) is 2.18. The first-order valence-electron chi connectivity index (χ1n) is 5.66. The highest BCUT2D eigenvalue weighted by Gasteiger charge is 2.04. The summed E-state index contributed by atoms with van der Waals surface area (Å²) >= 11 is 4.95. The summed E-state index contributed by atoms with van der Waals surface area (Å²) < 4.78 is 2.04. The zero-order valence-corrected chi connectivity index (χ0v) is 10.6. The number of hydrogen-bond donors (Lipinski definition) is 2. The van der Waals surface area contributed by atoms with Crippen molar-refractivity contribution in [3.63, 3.8) is 0 Å². The zero-order valence-electron chi connectivity index (χ0n) is 9.83. The molecule has 0 bridgehead atoms. The van der Waals surface area contributed by atoms with Gasteiger partial charge in [0.1, 0.15) is 0 Å². The fourth-order valence-electron chi connectivity index (χ4n) is 1.81. The summed E-state index contributed by atoms with van der Waals surface area (Å²) in [6.07, 6.45) is 3.53. The maximum absolute atomic E-state index is 11.4. The number of hydrogen-bond acceptors (Lipinski definition) is 3. The molecule has 0 saturated heterocycles. The molecule has 2 N–H and O–H groups in total. The van der Waals surface area contributed by atoms with E-state index in [1.165, 1.54) is 6.07 Å². The predicted molar refractivity (Wildman–Crippen MR) is 74.8 cm³/mol. The molecule has 0 unspecified atom stereocenters. The number of aromatic nitrogens is 4. The minimum atomic E-state index is -0.230. The van der Waals surface area contributed by atoms with Gasteiger partial charge in [-0.2, -0.15) is 5.10 Å². The van der Waals surface area contributed by atoms with Gasteiger partial charge in [0.05, 0.1) is 17.6 Å². The largest absolute Gasteiger partial charge is 0.332 e. The van der Waals surface area contributed by atoms with E-state index in [4.69, 9.17) is 12.2 Å². The molecule has 94 valence electrons. The van der Waals surface area contributed by atoms with Crippen LogP contribution in [-0.2, 0) is 0 Å². The van der Waals surface area contributed by atoms with Crippen molar-refractivity contribution in [1.82, 2.24) is 19.7 Å². The van der Waals surface area contributed by atoms with Gasteiger partial charge in [0.15, 0.2) is 4.77 Å². The van der Waals surface area contributed by atoms with Crippen molar-refractivity contribution in [2.75, 3.05) is 0 Å². The number of nitrogens with one attached hydrogen (secondary N) is 2. The zero-order chi connectivity index (χ0) is 13.2. The highest BCUT2D eigenvalue weighted by atomic mass is 32.1. The van der Waals surface area contributed by atoms with E-state index in [1.807, 2.05) is 36.5 Å². The van der Waals surface area contributed by atoms with E-state index in [2.05, 4.69) is 15.1 Å². The third-order valence-corrected chi connectivity index (χ3v) is 2.88. The molecular formula is C13H10N4OS. The summed E-state index contributed by atoms with van der Waals surface area (Å²) in [4.78, 5) is 16.8. The van der Waals surface area contributed by atoms with Crippen LogP contribution in [0.15, 0.2) is 53.6 Å². The maximum atomic E-state index is 11.4. The van der Waals surface area contributed by atoms with Crippen molar-refractivity contribution in [1.29, 1.82) is 0 Å². The Morgan fingerprint density at radius 2 is 1.95 bits per heavy atom. The predicted octanol–water partition coefficient (Wildman–Crippen LogP) is 2.29. The number of para-hydroxylation sites is 1. The van der Waals surface area contributed by atoms with Crippen LogP contribution in [0, 0.1) is 4.77 Å². The molecular weight excluding hydrogens is 260 g/mol. The molecule has 5 nitrogen and oxygen atoms in total. The Kier molecular flexibility index (Phi) is 2.85. The van der Waals surface area contributed by atoms with Crippen molar-refractivity contribution < 1.29 is 0 Å². The van der Waals surface area contributed by atoms with Gasteiger partial charge in [0, 0.05) is 17.8 Å². The lowest BCUT2D eigenvalue weighted by atomic mass is 10.2. The van der Waals surface area contributed by atoms with Crippen molar-refractivity contribution in [3.8, 4) is 16.9 Å². The molecule has 0 fully saturated rings. The van der Waals surface area contributed by atoms with Crippen molar-refractivity contribution in [2.45, 2.75) is 0 Å². The van der Waals surface area contributed by atoms with Crippen LogP contribution in [0.4, 0.5) is 0 Å². The van der Waals surface area contributed by atoms with Gasteiger partial charge < -0.3 is 4.98 Å². The molecule has 3 rings (SSSR count). The molecule has 2 heterocycles. The number of rotatable bonds is 2. The maximum Gasteiger partial charge on any atom is 0.252 e. The highest BCUT2D eigenvalue weighted by molar-refractivity contribution is 7.71. The van der Waals surface area contributed by atoms with Gasteiger partial charge in [-0.25, -0.2) is 4.68 Å². The molecule has 2 aromatic heterocycles. The fraction of sp³-hybridized carbons (Fsp3) is 0. The van der Waals surface area contributed by atoms with Gasteiger partial charge in [-0.05, 0) is 24.4 Å². The SMILES string of the molecule is O=c1cc(-c2cnn(-c3ccccc3)c2)[nH]c(=S)[nH]1. The minimum Gasteiger partial charge on any atom is -0.332 e. The molecule has 6 heteroatoms. The standard InChI is InChI=1S/C13H10N4OS/c18-12-6-11(15-13(19)16-12)9-7-14-17(8-9)10-4-2-1-3-5-10/h1-8H,(H2,15,16,18,19). The van der Waals surface area contributed by atoms with E-state index in [1.54, 1.807) is 10.9 Å². The van der Waals surface area contributed by atoms with Gasteiger partial charge in [-0.3, -0.25) is 9.78 Å². The quantitative estimate of drug-likeness (QED) is 0.702. The molecule has 19 heavy (non-hydrogen) atoms. The summed E-state index contributed by atoms with van der Waals surface area (Å²) in [5, 5.41) is 4.27. The van der Waals surface area contributed by atoms with Crippen LogP contribution in [0.2, 0.25) is 0 Å². The lowest BCUT2D eigenvalue weighted by Crippen LogP contribution is -2.06. The molecule has 0 aliphatic rings. The number of H-pyrrole nitrogens is 2. The van der Waals surface area contributed by atoms with Crippen molar-refractivity contribution in [2.24, 2.45) is 0 Å². The first-order valence-corrected chi connectivity index (χ1v) is 6.07. The molecule has 0 aliphatic carbocycles. The van der Waals surface area contributed by atoms with Crippen LogP contribution < -0.4 is 5.56 Å². The normalized spacial score (nSPS) is 10.5. The smallest absolute Gasteiger partial charge is 0.252 e. The van der Waals surface area contributed by atoms with Gasteiger partial charge in [-0.1, -0.05) is 18.2 Å². The molecule has 0 amide bonds. The average Bonchev–Trinajstić information content (AvgIpc) is 2.88. The number of nitrogens with zero attached hydrogens (tertiary/aromatic N) is 2. The first-order chi connectivity index (χ1) is 9.22. The van der Waals surface area contributed by atoms with Crippen LogP contribution in [0.1, 0.15) is 0 Å². The third-order valence-electron chi connectivity index (χ3n) is 2.67. The van der Waals surface area contributed by atoms with E-state index >= 15 is 0 Å². The number of benzene rings is 1. The van der Waals surface area contributed by atoms with Gasteiger partial charge in [0.2, 0.25) is 0 Å². The van der Waals surface area contributed by atoms with Crippen LogP contribution in [-0.4, -0.2) is 19.7 Å².